The molecule has 0 bridgehead atoms. The quantitative estimate of drug-likeness (QED) is 0.712. The van der Waals surface area contributed by atoms with E-state index in [1.165, 1.54) is 45.2 Å². The summed E-state index contributed by atoms with van der Waals surface area (Å²) in [7, 11) is -3.30. The van der Waals surface area contributed by atoms with Gasteiger partial charge in [-0.15, -0.1) is 0 Å². The van der Waals surface area contributed by atoms with Crippen LogP contribution in [0.15, 0.2) is 29.2 Å². The topological polar surface area (TPSA) is 37.4 Å². The summed E-state index contributed by atoms with van der Waals surface area (Å²) < 4.78 is 25.4. The summed E-state index contributed by atoms with van der Waals surface area (Å²) in [6.07, 6.45) is 8.66. The van der Waals surface area contributed by atoms with Crippen molar-refractivity contribution in [1.29, 1.82) is 0 Å². The van der Waals surface area contributed by atoms with Crippen LogP contribution in [0.2, 0.25) is 0 Å². The Hall–Kier alpha value is -0.870. The third kappa shape index (κ3) is 4.33. The van der Waals surface area contributed by atoms with Crippen molar-refractivity contribution < 1.29 is 8.42 Å². The molecule has 4 heteroatoms. The molecule has 2 atom stereocenters. The average Bonchev–Trinajstić information content (AvgIpc) is 2.61. The van der Waals surface area contributed by atoms with Crippen LogP contribution in [-0.2, 0) is 9.84 Å². The SMILES string of the molecule is Cc1cccc(S(=O)(=O)C(C)(C)CCCN2CCC3CCCCC3C2)c1. The van der Waals surface area contributed by atoms with E-state index in [9.17, 15) is 8.42 Å². The molecular weight excluding hydrogens is 342 g/mol. The molecule has 1 heterocycles. The van der Waals surface area contributed by atoms with E-state index < -0.39 is 14.6 Å². The highest BCUT2D eigenvalue weighted by Crippen LogP contribution is 2.36. The van der Waals surface area contributed by atoms with Crippen LogP contribution in [0.4, 0.5) is 0 Å². The molecule has 2 unspecified atom stereocenters. The molecule has 0 radical (unpaired) electrons. The van der Waals surface area contributed by atoms with Crippen molar-refractivity contribution in [3.63, 3.8) is 0 Å². The lowest BCUT2D eigenvalue weighted by molar-refractivity contribution is 0.0853. The van der Waals surface area contributed by atoms with Gasteiger partial charge in [-0.1, -0.05) is 31.4 Å². The first-order valence-electron chi connectivity index (χ1n) is 10.3. The number of likely N-dealkylation sites (tertiary alicyclic amines) is 1. The summed E-state index contributed by atoms with van der Waals surface area (Å²) in [6, 6.07) is 7.32. The van der Waals surface area contributed by atoms with Gasteiger partial charge in [0.05, 0.1) is 9.64 Å². The van der Waals surface area contributed by atoms with Gasteiger partial charge in [0.1, 0.15) is 0 Å². The number of hydrogen-bond acceptors (Lipinski definition) is 3. The molecule has 2 fully saturated rings. The number of aryl methyl sites for hydroxylation is 1. The second-order valence-corrected chi connectivity index (χ2v) is 11.7. The summed E-state index contributed by atoms with van der Waals surface area (Å²) in [4.78, 5) is 3.05. The van der Waals surface area contributed by atoms with Crippen LogP contribution in [0.25, 0.3) is 0 Å². The molecule has 1 saturated heterocycles. The predicted molar refractivity (Wildman–Crippen MR) is 108 cm³/mol. The molecule has 1 aliphatic carbocycles. The van der Waals surface area contributed by atoms with E-state index >= 15 is 0 Å². The van der Waals surface area contributed by atoms with Gasteiger partial charge in [-0.2, -0.15) is 0 Å². The summed E-state index contributed by atoms with van der Waals surface area (Å²) >= 11 is 0. The Balaban J connectivity index is 1.55. The normalized spacial score (nSPS) is 25.0. The van der Waals surface area contributed by atoms with E-state index in [1.807, 2.05) is 32.9 Å². The zero-order chi connectivity index (χ0) is 18.8. The highest BCUT2D eigenvalue weighted by atomic mass is 32.2. The Morgan fingerprint density at radius 2 is 1.85 bits per heavy atom. The Morgan fingerprint density at radius 1 is 1.12 bits per heavy atom. The summed E-state index contributed by atoms with van der Waals surface area (Å²) in [5, 5.41) is 0. The van der Waals surface area contributed by atoms with E-state index in [2.05, 4.69) is 4.90 Å². The van der Waals surface area contributed by atoms with Crippen molar-refractivity contribution in [3.05, 3.63) is 29.8 Å². The number of benzene rings is 1. The molecule has 146 valence electrons. The molecule has 0 amide bonds. The van der Waals surface area contributed by atoms with Crippen molar-refractivity contribution in [3.8, 4) is 0 Å². The number of fused-ring (bicyclic) bond motifs is 1. The van der Waals surface area contributed by atoms with Crippen LogP contribution in [0.1, 0.15) is 64.4 Å². The Kier molecular flexibility index (Phi) is 6.13. The van der Waals surface area contributed by atoms with E-state index in [-0.39, 0.29) is 0 Å². The third-order valence-electron chi connectivity index (χ3n) is 6.66. The Labute approximate surface area is 160 Å². The molecule has 0 N–H and O–H groups in total. The minimum absolute atomic E-state index is 0.463. The molecule has 3 nitrogen and oxygen atoms in total. The molecule has 0 aromatic heterocycles. The highest BCUT2D eigenvalue weighted by Gasteiger charge is 2.36. The summed E-state index contributed by atoms with van der Waals surface area (Å²) in [6.45, 7) is 9.19. The number of sulfone groups is 1. The minimum atomic E-state index is -3.30. The van der Waals surface area contributed by atoms with Gasteiger partial charge in [0.15, 0.2) is 9.84 Å². The van der Waals surface area contributed by atoms with Crippen LogP contribution in [0.3, 0.4) is 0 Å². The maximum Gasteiger partial charge on any atom is 0.183 e. The smallest absolute Gasteiger partial charge is 0.183 e. The number of rotatable bonds is 6. The first kappa shape index (κ1) is 19.9. The maximum atomic E-state index is 13.1. The van der Waals surface area contributed by atoms with E-state index in [1.54, 1.807) is 12.1 Å². The lowest BCUT2D eigenvalue weighted by Crippen LogP contribution is -2.42. The number of nitrogens with zero attached hydrogens (tertiary/aromatic N) is 1. The van der Waals surface area contributed by atoms with Gasteiger partial charge in [-0.3, -0.25) is 0 Å². The fourth-order valence-electron chi connectivity index (χ4n) is 4.84. The zero-order valence-electron chi connectivity index (χ0n) is 16.7. The van der Waals surface area contributed by atoms with E-state index in [4.69, 9.17) is 0 Å². The first-order valence-corrected chi connectivity index (χ1v) is 11.8. The van der Waals surface area contributed by atoms with Crippen LogP contribution < -0.4 is 0 Å². The monoisotopic (exact) mass is 377 g/mol. The van der Waals surface area contributed by atoms with Crippen molar-refractivity contribution in [2.75, 3.05) is 19.6 Å². The lowest BCUT2D eigenvalue weighted by Gasteiger charge is -2.41. The van der Waals surface area contributed by atoms with Gasteiger partial charge in [-0.25, -0.2) is 8.42 Å². The minimum Gasteiger partial charge on any atom is -0.303 e. The van der Waals surface area contributed by atoms with Crippen molar-refractivity contribution in [1.82, 2.24) is 4.90 Å². The molecule has 0 spiro atoms. The molecule has 1 aromatic carbocycles. The molecule has 26 heavy (non-hydrogen) atoms. The summed E-state index contributed by atoms with van der Waals surface area (Å²) in [5.74, 6) is 1.85. The lowest BCUT2D eigenvalue weighted by atomic mass is 9.75. The number of piperidine rings is 1. The molecule has 2 aliphatic rings. The maximum absolute atomic E-state index is 13.1. The molecule has 3 rings (SSSR count). The average molecular weight is 378 g/mol. The van der Waals surface area contributed by atoms with Crippen LogP contribution in [0.5, 0.6) is 0 Å². The van der Waals surface area contributed by atoms with Gasteiger partial charge in [0, 0.05) is 6.54 Å². The molecule has 1 aromatic rings. The third-order valence-corrected chi connectivity index (χ3v) is 9.19. The van der Waals surface area contributed by atoms with Crippen LogP contribution in [-0.4, -0.2) is 37.7 Å². The zero-order valence-corrected chi connectivity index (χ0v) is 17.5. The first-order chi connectivity index (χ1) is 12.3. The molecule has 1 aliphatic heterocycles. The Bertz CT molecular complexity index is 711. The molecule has 1 saturated carbocycles. The standard InChI is InChI=1S/C22H35NO2S/c1-18-8-6-11-21(16-18)26(24,25)22(2,3)13-7-14-23-15-12-19-9-4-5-10-20(19)17-23/h6,8,11,16,19-20H,4-5,7,9-10,12-15,17H2,1-3H3. The van der Waals surface area contributed by atoms with Gasteiger partial charge in [-0.05, 0) is 89.1 Å². The van der Waals surface area contributed by atoms with E-state index in [0.29, 0.717) is 11.3 Å². The summed E-state index contributed by atoms with van der Waals surface area (Å²) in [5.41, 5.74) is 0.997. The Morgan fingerprint density at radius 3 is 2.58 bits per heavy atom. The predicted octanol–water partition coefficient (Wildman–Crippen LogP) is 4.84. The fraction of sp³-hybridized carbons (Fsp3) is 0.727. The van der Waals surface area contributed by atoms with Crippen LogP contribution >= 0.6 is 0 Å². The van der Waals surface area contributed by atoms with Gasteiger partial charge in [0.25, 0.3) is 0 Å². The van der Waals surface area contributed by atoms with Crippen molar-refractivity contribution in [2.45, 2.75) is 75.4 Å². The second kappa shape index (κ2) is 8.02. The van der Waals surface area contributed by atoms with E-state index in [0.717, 1.165) is 30.4 Å². The second-order valence-electron chi connectivity index (χ2n) is 9.08. The molecular formula is C22H35NO2S. The van der Waals surface area contributed by atoms with Gasteiger partial charge in [0.2, 0.25) is 0 Å². The number of hydrogen-bond donors (Lipinski definition) is 0. The van der Waals surface area contributed by atoms with Crippen LogP contribution in [0, 0.1) is 18.8 Å². The van der Waals surface area contributed by atoms with Crippen molar-refractivity contribution >= 4 is 9.84 Å². The van der Waals surface area contributed by atoms with Gasteiger partial charge >= 0.3 is 0 Å². The fourth-order valence-corrected chi connectivity index (χ4v) is 6.49. The largest absolute Gasteiger partial charge is 0.303 e. The van der Waals surface area contributed by atoms with Gasteiger partial charge < -0.3 is 4.90 Å². The van der Waals surface area contributed by atoms with Crippen molar-refractivity contribution in [2.24, 2.45) is 11.8 Å². The highest BCUT2D eigenvalue weighted by molar-refractivity contribution is 7.92.